The highest BCUT2D eigenvalue weighted by Crippen LogP contribution is 2.35. The standard InChI is InChI=1S/C14H11Br2N3O6/c1-6-12(7(2)25-18-6)14(21)24-5-11(20)17-13-9(15)3-8(19(22)23)4-10(13)16/h3-4H,5H2,1-2H3,(H,17,20). The normalized spacial score (nSPS) is 10.4. The first kappa shape index (κ1) is 19.1. The number of amides is 1. The molecule has 0 aliphatic carbocycles. The molecule has 1 amide bonds. The van der Waals surface area contributed by atoms with Crippen LogP contribution in [-0.4, -0.2) is 28.6 Å². The fraction of sp³-hybridized carbons (Fsp3) is 0.214. The minimum atomic E-state index is -0.728. The number of halogens is 2. The summed E-state index contributed by atoms with van der Waals surface area (Å²) in [4.78, 5) is 34.2. The van der Waals surface area contributed by atoms with E-state index in [1.165, 1.54) is 12.1 Å². The number of nitro groups is 1. The molecule has 132 valence electrons. The molecule has 0 atom stereocenters. The average molecular weight is 477 g/mol. The van der Waals surface area contributed by atoms with Crippen LogP contribution in [0.25, 0.3) is 0 Å². The molecule has 2 rings (SSSR count). The fourth-order valence-corrected chi connectivity index (χ4v) is 3.30. The van der Waals surface area contributed by atoms with Crippen LogP contribution in [0.3, 0.4) is 0 Å². The van der Waals surface area contributed by atoms with Crippen LogP contribution in [0.15, 0.2) is 25.6 Å². The summed E-state index contributed by atoms with van der Waals surface area (Å²) in [6, 6.07) is 2.49. The Morgan fingerprint density at radius 2 is 1.92 bits per heavy atom. The Morgan fingerprint density at radius 1 is 1.32 bits per heavy atom. The molecule has 0 aliphatic rings. The number of hydrogen-bond donors (Lipinski definition) is 1. The summed E-state index contributed by atoms with van der Waals surface area (Å²) in [5, 5.41) is 16.9. The number of carbonyl (C=O) groups excluding carboxylic acids is 2. The van der Waals surface area contributed by atoms with Crippen molar-refractivity contribution in [3.05, 3.63) is 48.2 Å². The van der Waals surface area contributed by atoms with E-state index in [4.69, 9.17) is 9.26 Å². The third-order valence-corrected chi connectivity index (χ3v) is 4.32. The van der Waals surface area contributed by atoms with Crippen LogP contribution < -0.4 is 5.32 Å². The van der Waals surface area contributed by atoms with Gasteiger partial charge in [-0.25, -0.2) is 4.79 Å². The predicted octanol–water partition coefficient (Wildman–Crippen LogP) is 3.52. The van der Waals surface area contributed by atoms with Crippen molar-refractivity contribution in [1.82, 2.24) is 5.16 Å². The second-order valence-corrected chi connectivity index (χ2v) is 6.57. The number of aromatic nitrogens is 1. The van der Waals surface area contributed by atoms with E-state index in [0.29, 0.717) is 20.4 Å². The van der Waals surface area contributed by atoms with Gasteiger partial charge in [0.15, 0.2) is 6.61 Å². The van der Waals surface area contributed by atoms with E-state index < -0.39 is 23.4 Å². The van der Waals surface area contributed by atoms with Crippen molar-refractivity contribution in [1.29, 1.82) is 0 Å². The fourth-order valence-electron chi connectivity index (χ4n) is 1.94. The molecule has 1 aromatic heterocycles. The molecule has 0 saturated carbocycles. The quantitative estimate of drug-likeness (QED) is 0.397. The van der Waals surface area contributed by atoms with Crippen molar-refractivity contribution in [2.45, 2.75) is 13.8 Å². The summed E-state index contributed by atoms with van der Waals surface area (Å²) in [6.45, 7) is 2.60. The molecule has 0 radical (unpaired) electrons. The lowest BCUT2D eigenvalue weighted by Crippen LogP contribution is -2.21. The van der Waals surface area contributed by atoms with E-state index in [9.17, 15) is 19.7 Å². The van der Waals surface area contributed by atoms with Crippen LogP contribution in [0.4, 0.5) is 11.4 Å². The number of aryl methyl sites for hydroxylation is 2. The molecular formula is C14H11Br2N3O6. The number of benzene rings is 1. The van der Waals surface area contributed by atoms with Gasteiger partial charge in [-0.15, -0.1) is 0 Å². The molecule has 0 fully saturated rings. The first-order chi connectivity index (χ1) is 11.7. The number of anilines is 1. The number of rotatable bonds is 5. The number of ether oxygens (including phenoxy) is 1. The monoisotopic (exact) mass is 475 g/mol. The van der Waals surface area contributed by atoms with Gasteiger partial charge in [-0.1, -0.05) is 5.16 Å². The largest absolute Gasteiger partial charge is 0.452 e. The Labute approximate surface area is 158 Å². The van der Waals surface area contributed by atoms with Crippen LogP contribution in [0, 0.1) is 24.0 Å². The molecule has 11 heteroatoms. The van der Waals surface area contributed by atoms with Crippen LogP contribution >= 0.6 is 31.9 Å². The van der Waals surface area contributed by atoms with E-state index in [0.717, 1.165) is 0 Å². The van der Waals surface area contributed by atoms with Crippen molar-refractivity contribution >= 4 is 55.1 Å². The maximum absolute atomic E-state index is 12.0. The number of esters is 1. The maximum Gasteiger partial charge on any atom is 0.344 e. The molecule has 0 spiro atoms. The minimum absolute atomic E-state index is 0.151. The van der Waals surface area contributed by atoms with Gasteiger partial charge in [-0.05, 0) is 45.7 Å². The lowest BCUT2D eigenvalue weighted by Gasteiger charge is -2.10. The van der Waals surface area contributed by atoms with Gasteiger partial charge < -0.3 is 14.6 Å². The third-order valence-electron chi connectivity index (χ3n) is 3.07. The summed E-state index contributed by atoms with van der Waals surface area (Å²) in [5.74, 6) is -1.05. The Balaban J connectivity index is 2.04. The summed E-state index contributed by atoms with van der Waals surface area (Å²) in [6.07, 6.45) is 0. The second kappa shape index (κ2) is 7.74. The van der Waals surface area contributed by atoms with Gasteiger partial charge in [0.25, 0.3) is 11.6 Å². The van der Waals surface area contributed by atoms with Gasteiger partial charge >= 0.3 is 5.97 Å². The molecule has 9 nitrogen and oxygen atoms in total. The molecule has 1 heterocycles. The first-order valence-corrected chi connectivity index (χ1v) is 8.32. The van der Waals surface area contributed by atoms with E-state index >= 15 is 0 Å². The number of carbonyl (C=O) groups is 2. The Hall–Kier alpha value is -2.27. The number of nitrogens with zero attached hydrogens (tertiary/aromatic N) is 2. The van der Waals surface area contributed by atoms with E-state index in [2.05, 4.69) is 42.3 Å². The maximum atomic E-state index is 12.0. The summed E-state index contributed by atoms with van der Waals surface area (Å²) >= 11 is 6.30. The zero-order valence-electron chi connectivity index (χ0n) is 13.0. The van der Waals surface area contributed by atoms with Gasteiger partial charge in [-0.2, -0.15) is 0 Å². The van der Waals surface area contributed by atoms with Crippen molar-refractivity contribution in [3.63, 3.8) is 0 Å². The molecule has 2 aromatic rings. The average Bonchev–Trinajstić information content (AvgIpc) is 2.87. The Bertz CT molecular complexity index is 822. The number of nitrogens with one attached hydrogen (secondary N) is 1. The summed E-state index contributed by atoms with van der Waals surface area (Å²) in [5.41, 5.74) is 0.667. The zero-order valence-corrected chi connectivity index (χ0v) is 16.1. The lowest BCUT2D eigenvalue weighted by molar-refractivity contribution is -0.385. The SMILES string of the molecule is Cc1noc(C)c1C(=O)OCC(=O)Nc1c(Br)cc([N+](=O)[O-])cc1Br. The topological polar surface area (TPSA) is 125 Å². The minimum Gasteiger partial charge on any atom is -0.452 e. The van der Waals surface area contributed by atoms with Crippen LogP contribution in [0.2, 0.25) is 0 Å². The summed E-state index contributed by atoms with van der Waals surface area (Å²) in [7, 11) is 0. The van der Waals surface area contributed by atoms with E-state index in [1.54, 1.807) is 13.8 Å². The third kappa shape index (κ3) is 4.42. The molecule has 0 aliphatic heterocycles. The Kier molecular flexibility index (Phi) is 5.90. The molecular weight excluding hydrogens is 466 g/mol. The van der Waals surface area contributed by atoms with Gasteiger partial charge in [-0.3, -0.25) is 14.9 Å². The van der Waals surface area contributed by atoms with Crippen LogP contribution in [-0.2, 0) is 9.53 Å². The number of hydrogen-bond acceptors (Lipinski definition) is 7. The molecule has 0 saturated heterocycles. The first-order valence-electron chi connectivity index (χ1n) is 6.74. The second-order valence-electron chi connectivity index (χ2n) is 4.87. The van der Waals surface area contributed by atoms with E-state index in [1.807, 2.05) is 0 Å². The smallest absolute Gasteiger partial charge is 0.344 e. The predicted molar refractivity (Wildman–Crippen MR) is 93.4 cm³/mol. The van der Waals surface area contributed by atoms with Crippen molar-refractivity contribution in [2.24, 2.45) is 0 Å². The summed E-state index contributed by atoms with van der Waals surface area (Å²) < 4.78 is 10.4. The number of nitro benzene ring substituents is 1. The Morgan fingerprint density at radius 3 is 2.40 bits per heavy atom. The van der Waals surface area contributed by atoms with Crippen molar-refractivity contribution < 1.29 is 23.8 Å². The van der Waals surface area contributed by atoms with Crippen molar-refractivity contribution in [2.75, 3.05) is 11.9 Å². The molecule has 25 heavy (non-hydrogen) atoms. The highest BCUT2D eigenvalue weighted by Gasteiger charge is 2.21. The zero-order chi connectivity index (χ0) is 18.7. The molecule has 1 N–H and O–H groups in total. The van der Waals surface area contributed by atoms with Gasteiger partial charge in [0.05, 0.1) is 16.3 Å². The van der Waals surface area contributed by atoms with Crippen molar-refractivity contribution in [3.8, 4) is 0 Å². The highest BCUT2D eigenvalue weighted by molar-refractivity contribution is 9.11. The lowest BCUT2D eigenvalue weighted by atomic mass is 10.2. The molecule has 0 bridgehead atoms. The number of non-ortho nitro benzene ring substituents is 1. The van der Waals surface area contributed by atoms with Crippen LogP contribution in [0.5, 0.6) is 0 Å². The van der Waals surface area contributed by atoms with E-state index in [-0.39, 0.29) is 16.9 Å². The van der Waals surface area contributed by atoms with Gasteiger partial charge in [0.2, 0.25) is 0 Å². The molecule has 1 aromatic carbocycles. The van der Waals surface area contributed by atoms with Gasteiger partial charge in [0, 0.05) is 21.1 Å². The molecule has 0 unspecified atom stereocenters. The highest BCUT2D eigenvalue weighted by atomic mass is 79.9. The van der Waals surface area contributed by atoms with Crippen LogP contribution in [0.1, 0.15) is 21.8 Å². The van der Waals surface area contributed by atoms with Gasteiger partial charge in [0.1, 0.15) is 11.3 Å².